The molecular weight excluding hydrogens is 280 g/mol. The zero-order chi connectivity index (χ0) is 15.5. The number of ether oxygens (including phenoxy) is 3. The van der Waals surface area contributed by atoms with Gasteiger partial charge in [0.15, 0.2) is 11.5 Å². The summed E-state index contributed by atoms with van der Waals surface area (Å²) in [4.78, 5) is 12.4. The number of hydrogen-bond acceptors (Lipinski definition) is 4. The van der Waals surface area contributed by atoms with Crippen LogP contribution < -0.4 is 14.2 Å². The molecule has 1 aliphatic heterocycles. The number of hydrogen-bond donors (Lipinski definition) is 0. The molecule has 0 N–H and O–H groups in total. The first kappa shape index (κ1) is 14.4. The summed E-state index contributed by atoms with van der Waals surface area (Å²) >= 11 is 0. The van der Waals surface area contributed by atoms with Crippen molar-refractivity contribution in [3.63, 3.8) is 0 Å². The van der Waals surface area contributed by atoms with Crippen molar-refractivity contribution in [2.24, 2.45) is 0 Å². The van der Waals surface area contributed by atoms with E-state index < -0.39 is 5.97 Å². The summed E-state index contributed by atoms with van der Waals surface area (Å²) in [6.07, 6.45) is 0.830. The van der Waals surface area contributed by atoms with Crippen molar-refractivity contribution >= 4 is 5.97 Å². The van der Waals surface area contributed by atoms with Crippen molar-refractivity contribution in [3.8, 4) is 17.2 Å². The van der Waals surface area contributed by atoms with Crippen LogP contribution in [0.1, 0.15) is 27.9 Å². The number of aryl methyl sites for hydroxylation is 2. The van der Waals surface area contributed by atoms with Crippen molar-refractivity contribution in [2.45, 2.75) is 20.3 Å². The van der Waals surface area contributed by atoms with Gasteiger partial charge in [-0.05, 0) is 43.2 Å². The minimum atomic E-state index is -0.395. The van der Waals surface area contributed by atoms with Crippen LogP contribution in [0.3, 0.4) is 0 Å². The Morgan fingerprint density at radius 3 is 2.41 bits per heavy atom. The molecule has 0 amide bonds. The van der Waals surface area contributed by atoms with Crippen molar-refractivity contribution in [3.05, 3.63) is 53.1 Å². The fourth-order valence-corrected chi connectivity index (χ4v) is 2.40. The Kier molecular flexibility index (Phi) is 4.00. The molecule has 0 saturated carbocycles. The number of rotatable bonds is 2. The van der Waals surface area contributed by atoms with Crippen LogP contribution in [0.2, 0.25) is 0 Å². The highest BCUT2D eigenvalue weighted by molar-refractivity contribution is 5.92. The maximum Gasteiger partial charge on any atom is 0.343 e. The standard InChI is InChI=1S/C18H18O4/c1-12-5-3-6-13(2)17(12)22-18(19)14-7-8-15-16(11-14)21-10-4-9-20-15/h3,5-8,11H,4,9-10H2,1-2H3. The average molecular weight is 298 g/mol. The fraction of sp³-hybridized carbons (Fsp3) is 0.278. The highest BCUT2D eigenvalue weighted by atomic mass is 16.5. The predicted octanol–water partition coefficient (Wildman–Crippen LogP) is 3.68. The zero-order valence-corrected chi connectivity index (χ0v) is 12.7. The molecule has 0 aliphatic carbocycles. The normalized spacial score (nSPS) is 13.4. The van der Waals surface area contributed by atoms with Crippen molar-refractivity contribution in [1.82, 2.24) is 0 Å². The molecule has 4 heteroatoms. The summed E-state index contributed by atoms with van der Waals surface area (Å²) in [5.74, 6) is 1.47. The van der Waals surface area contributed by atoms with Crippen molar-refractivity contribution in [1.29, 1.82) is 0 Å². The van der Waals surface area contributed by atoms with Gasteiger partial charge in [-0.1, -0.05) is 18.2 Å². The van der Waals surface area contributed by atoms with Crippen LogP contribution >= 0.6 is 0 Å². The van der Waals surface area contributed by atoms with E-state index in [1.807, 2.05) is 32.0 Å². The van der Waals surface area contributed by atoms with E-state index in [1.54, 1.807) is 18.2 Å². The Hall–Kier alpha value is -2.49. The van der Waals surface area contributed by atoms with Gasteiger partial charge in [0.25, 0.3) is 0 Å². The average Bonchev–Trinajstić information content (AvgIpc) is 2.75. The Morgan fingerprint density at radius 2 is 1.68 bits per heavy atom. The first-order chi connectivity index (χ1) is 10.6. The van der Waals surface area contributed by atoms with Gasteiger partial charge in [-0.15, -0.1) is 0 Å². The fourth-order valence-electron chi connectivity index (χ4n) is 2.40. The van der Waals surface area contributed by atoms with E-state index in [1.165, 1.54) is 0 Å². The Balaban J connectivity index is 1.85. The third kappa shape index (κ3) is 2.91. The molecule has 0 fully saturated rings. The summed E-state index contributed by atoms with van der Waals surface area (Å²) in [7, 11) is 0. The Bertz CT molecular complexity index is 686. The van der Waals surface area contributed by atoms with Gasteiger partial charge in [0.2, 0.25) is 0 Å². The molecule has 4 nitrogen and oxygen atoms in total. The minimum Gasteiger partial charge on any atom is -0.490 e. The minimum absolute atomic E-state index is 0.395. The summed E-state index contributed by atoms with van der Waals surface area (Å²) in [6.45, 7) is 5.05. The second-order valence-electron chi connectivity index (χ2n) is 5.32. The summed E-state index contributed by atoms with van der Waals surface area (Å²) in [6, 6.07) is 10.9. The van der Waals surface area contributed by atoms with Gasteiger partial charge in [0.1, 0.15) is 5.75 Å². The molecule has 0 spiro atoms. The van der Waals surface area contributed by atoms with Gasteiger partial charge in [-0.3, -0.25) is 0 Å². The predicted molar refractivity (Wildman–Crippen MR) is 82.9 cm³/mol. The van der Waals surface area contributed by atoms with E-state index in [0.29, 0.717) is 36.0 Å². The van der Waals surface area contributed by atoms with Gasteiger partial charge in [0.05, 0.1) is 18.8 Å². The number of carbonyl (C=O) groups is 1. The number of benzene rings is 2. The van der Waals surface area contributed by atoms with Gasteiger partial charge in [0, 0.05) is 6.42 Å². The Labute approximate surface area is 129 Å². The molecule has 0 unspecified atom stereocenters. The van der Waals surface area contributed by atoms with Crippen LogP contribution in [-0.4, -0.2) is 19.2 Å². The van der Waals surface area contributed by atoms with Gasteiger partial charge in [-0.25, -0.2) is 4.79 Å². The SMILES string of the molecule is Cc1cccc(C)c1OC(=O)c1ccc2c(c1)OCCCO2. The van der Waals surface area contributed by atoms with Crippen molar-refractivity contribution in [2.75, 3.05) is 13.2 Å². The van der Waals surface area contributed by atoms with Gasteiger partial charge >= 0.3 is 5.97 Å². The second-order valence-corrected chi connectivity index (χ2v) is 5.32. The third-order valence-electron chi connectivity index (χ3n) is 3.59. The van der Waals surface area contributed by atoms with Crippen LogP contribution in [0.15, 0.2) is 36.4 Å². The highest BCUT2D eigenvalue weighted by Crippen LogP contribution is 2.31. The molecule has 2 aromatic carbocycles. The van der Waals surface area contributed by atoms with Crippen LogP contribution in [0, 0.1) is 13.8 Å². The van der Waals surface area contributed by atoms with Crippen molar-refractivity contribution < 1.29 is 19.0 Å². The lowest BCUT2D eigenvalue weighted by atomic mass is 10.1. The van der Waals surface area contributed by atoms with Gasteiger partial charge < -0.3 is 14.2 Å². The van der Waals surface area contributed by atoms with Crippen LogP contribution in [0.4, 0.5) is 0 Å². The molecule has 0 atom stereocenters. The monoisotopic (exact) mass is 298 g/mol. The summed E-state index contributed by atoms with van der Waals surface area (Å²) < 4.78 is 16.7. The van der Waals surface area contributed by atoms with E-state index in [0.717, 1.165) is 17.5 Å². The maximum atomic E-state index is 12.4. The van der Waals surface area contributed by atoms with E-state index in [2.05, 4.69) is 0 Å². The van der Waals surface area contributed by atoms with Crippen LogP contribution in [0.25, 0.3) is 0 Å². The second kappa shape index (κ2) is 6.10. The molecule has 0 saturated heterocycles. The van der Waals surface area contributed by atoms with E-state index in [4.69, 9.17) is 14.2 Å². The number of esters is 1. The molecule has 1 aliphatic rings. The Morgan fingerprint density at radius 1 is 1.00 bits per heavy atom. The quantitative estimate of drug-likeness (QED) is 0.626. The molecule has 3 rings (SSSR count). The number of para-hydroxylation sites is 1. The highest BCUT2D eigenvalue weighted by Gasteiger charge is 2.16. The smallest absolute Gasteiger partial charge is 0.343 e. The third-order valence-corrected chi connectivity index (χ3v) is 3.59. The van der Waals surface area contributed by atoms with E-state index in [-0.39, 0.29) is 0 Å². The van der Waals surface area contributed by atoms with Crippen LogP contribution in [-0.2, 0) is 0 Å². The topological polar surface area (TPSA) is 44.8 Å². The molecule has 114 valence electrons. The first-order valence-electron chi connectivity index (χ1n) is 7.33. The number of carbonyl (C=O) groups excluding carboxylic acids is 1. The molecule has 2 aromatic rings. The molecular formula is C18H18O4. The lowest BCUT2D eigenvalue weighted by Crippen LogP contribution is -2.10. The molecule has 0 aromatic heterocycles. The lowest BCUT2D eigenvalue weighted by molar-refractivity contribution is 0.0732. The molecule has 1 heterocycles. The maximum absolute atomic E-state index is 12.4. The molecule has 22 heavy (non-hydrogen) atoms. The zero-order valence-electron chi connectivity index (χ0n) is 12.7. The molecule has 0 radical (unpaired) electrons. The largest absolute Gasteiger partial charge is 0.490 e. The number of fused-ring (bicyclic) bond motifs is 1. The molecule has 0 bridgehead atoms. The summed E-state index contributed by atoms with van der Waals surface area (Å²) in [5.41, 5.74) is 2.32. The van der Waals surface area contributed by atoms with Gasteiger partial charge in [-0.2, -0.15) is 0 Å². The first-order valence-corrected chi connectivity index (χ1v) is 7.33. The van der Waals surface area contributed by atoms with Crippen LogP contribution in [0.5, 0.6) is 17.2 Å². The lowest BCUT2D eigenvalue weighted by Gasteiger charge is -2.12. The van der Waals surface area contributed by atoms with E-state index >= 15 is 0 Å². The van der Waals surface area contributed by atoms with E-state index in [9.17, 15) is 4.79 Å². The summed E-state index contributed by atoms with van der Waals surface area (Å²) in [5, 5.41) is 0.